The van der Waals surface area contributed by atoms with Crippen molar-refractivity contribution in [1.82, 2.24) is 5.32 Å². The average Bonchev–Trinajstić information content (AvgIpc) is 2.19. The Morgan fingerprint density at radius 2 is 1.87 bits per heavy atom. The molecule has 0 unspecified atom stereocenters. The van der Waals surface area contributed by atoms with Crippen LogP contribution < -0.4 is 10.6 Å². The lowest BCUT2D eigenvalue weighted by molar-refractivity contribution is -0.135. The highest BCUT2D eigenvalue weighted by molar-refractivity contribution is 6.30. The summed E-state index contributed by atoms with van der Waals surface area (Å²) in [6, 6.07) is 5.90. The molecular weight excluding hydrogens is 220 g/mol. The number of nitrogens with one attached hydrogen (secondary N) is 2. The summed E-state index contributed by atoms with van der Waals surface area (Å²) >= 11 is 5.64. The molecule has 6 heteroatoms. The van der Waals surface area contributed by atoms with Crippen LogP contribution in [0.1, 0.15) is 0 Å². The van der Waals surface area contributed by atoms with Crippen LogP contribution in [0, 0.1) is 0 Å². The van der Waals surface area contributed by atoms with Crippen molar-refractivity contribution >= 4 is 29.3 Å². The second-order valence-corrected chi connectivity index (χ2v) is 3.14. The summed E-state index contributed by atoms with van der Waals surface area (Å²) in [5.41, 5.74) is 0.544. The normalized spacial score (nSPS) is 9.40. The van der Waals surface area contributed by atoms with Crippen molar-refractivity contribution in [2.75, 3.05) is 11.9 Å². The van der Waals surface area contributed by atoms with Crippen molar-refractivity contribution in [2.45, 2.75) is 0 Å². The SMILES string of the molecule is O=C(O)CNC(=O)Nc1ccc(Cl)cc1. The Kier molecular flexibility index (Phi) is 3.93. The Balaban J connectivity index is 2.44. The summed E-state index contributed by atoms with van der Waals surface area (Å²) < 4.78 is 0. The van der Waals surface area contributed by atoms with Crippen LogP contribution in [0.25, 0.3) is 0 Å². The fraction of sp³-hybridized carbons (Fsp3) is 0.111. The molecule has 15 heavy (non-hydrogen) atoms. The second kappa shape index (κ2) is 5.21. The minimum absolute atomic E-state index is 0.417. The van der Waals surface area contributed by atoms with Gasteiger partial charge in [0.15, 0.2) is 0 Å². The van der Waals surface area contributed by atoms with Crippen LogP contribution in [0.2, 0.25) is 5.02 Å². The van der Waals surface area contributed by atoms with Crippen molar-refractivity contribution in [3.8, 4) is 0 Å². The molecule has 2 amide bonds. The van der Waals surface area contributed by atoms with E-state index >= 15 is 0 Å². The zero-order valence-electron chi connectivity index (χ0n) is 7.66. The van der Waals surface area contributed by atoms with E-state index in [9.17, 15) is 9.59 Å². The number of hydrogen-bond donors (Lipinski definition) is 3. The van der Waals surface area contributed by atoms with Gasteiger partial charge in [0.1, 0.15) is 6.54 Å². The van der Waals surface area contributed by atoms with Crippen LogP contribution in [0.15, 0.2) is 24.3 Å². The molecule has 0 radical (unpaired) electrons. The van der Waals surface area contributed by atoms with Gasteiger partial charge in [0.25, 0.3) is 0 Å². The maximum absolute atomic E-state index is 11.1. The second-order valence-electron chi connectivity index (χ2n) is 2.71. The summed E-state index contributed by atoms with van der Waals surface area (Å²) in [5.74, 6) is -1.10. The van der Waals surface area contributed by atoms with Crippen LogP contribution in [-0.4, -0.2) is 23.7 Å². The van der Waals surface area contributed by atoms with Crippen molar-refractivity contribution in [3.63, 3.8) is 0 Å². The van der Waals surface area contributed by atoms with Gasteiger partial charge in [-0.3, -0.25) is 4.79 Å². The number of carboxylic acids is 1. The van der Waals surface area contributed by atoms with E-state index in [1.165, 1.54) is 0 Å². The predicted octanol–water partition coefficient (Wildman–Crippen LogP) is 1.55. The van der Waals surface area contributed by atoms with Gasteiger partial charge in [0, 0.05) is 10.7 Å². The first kappa shape index (κ1) is 11.3. The summed E-state index contributed by atoms with van der Waals surface area (Å²) in [6.45, 7) is -0.417. The highest BCUT2D eigenvalue weighted by atomic mass is 35.5. The Bertz CT molecular complexity index is 364. The monoisotopic (exact) mass is 228 g/mol. The van der Waals surface area contributed by atoms with Crippen LogP contribution >= 0.6 is 11.6 Å². The van der Waals surface area contributed by atoms with Gasteiger partial charge in [-0.25, -0.2) is 4.79 Å². The summed E-state index contributed by atoms with van der Waals surface area (Å²) in [4.78, 5) is 21.2. The van der Waals surface area contributed by atoms with E-state index in [1.807, 2.05) is 0 Å². The molecule has 1 rings (SSSR count). The van der Waals surface area contributed by atoms with E-state index in [0.717, 1.165) is 0 Å². The first-order chi connectivity index (χ1) is 7.08. The van der Waals surface area contributed by atoms with E-state index in [0.29, 0.717) is 10.7 Å². The molecule has 5 nitrogen and oxygen atoms in total. The minimum atomic E-state index is -1.10. The lowest BCUT2D eigenvalue weighted by atomic mass is 10.3. The maximum atomic E-state index is 11.1. The molecule has 0 spiro atoms. The van der Waals surface area contributed by atoms with E-state index in [4.69, 9.17) is 16.7 Å². The molecule has 0 aliphatic rings. The molecule has 0 bridgehead atoms. The molecule has 0 aromatic heterocycles. The minimum Gasteiger partial charge on any atom is -0.480 e. The van der Waals surface area contributed by atoms with Gasteiger partial charge in [-0.1, -0.05) is 11.6 Å². The standard InChI is InChI=1S/C9H9ClN2O3/c10-6-1-3-7(4-2-6)12-9(15)11-5-8(13)14/h1-4H,5H2,(H,13,14)(H2,11,12,15). The van der Waals surface area contributed by atoms with Crippen LogP contribution in [0.5, 0.6) is 0 Å². The molecule has 80 valence electrons. The number of anilines is 1. The van der Waals surface area contributed by atoms with Crippen molar-refractivity contribution < 1.29 is 14.7 Å². The predicted molar refractivity (Wildman–Crippen MR) is 56.1 cm³/mol. The zero-order valence-corrected chi connectivity index (χ0v) is 8.41. The third kappa shape index (κ3) is 4.33. The Morgan fingerprint density at radius 1 is 1.27 bits per heavy atom. The number of urea groups is 1. The van der Waals surface area contributed by atoms with Crippen molar-refractivity contribution in [1.29, 1.82) is 0 Å². The Morgan fingerprint density at radius 3 is 2.40 bits per heavy atom. The molecule has 0 fully saturated rings. The van der Waals surface area contributed by atoms with E-state index in [1.54, 1.807) is 24.3 Å². The van der Waals surface area contributed by atoms with Crippen molar-refractivity contribution in [2.24, 2.45) is 0 Å². The molecule has 0 aliphatic carbocycles. The number of carboxylic acid groups (broad SMARTS) is 1. The maximum Gasteiger partial charge on any atom is 0.323 e. The zero-order chi connectivity index (χ0) is 11.3. The van der Waals surface area contributed by atoms with Crippen LogP contribution in [0.3, 0.4) is 0 Å². The lowest BCUT2D eigenvalue weighted by Crippen LogP contribution is -2.33. The molecule has 1 aromatic carbocycles. The van der Waals surface area contributed by atoms with Crippen LogP contribution in [-0.2, 0) is 4.79 Å². The highest BCUT2D eigenvalue weighted by Gasteiger charge is 2.03. The van der Waals surface area contributed by atoms with Gasteiger partial charge in [-0.15, -0.1) is 0 Å². The van der Waals surface area contributed by atoms with Gasteiger partial charge in [0.05, 0.1) is 0 Å². The van der Waals surface area contributed by atoms with Gasteiger partial charge < -0.3 is 15.7 Å². The molecule has 0 aliphatic heterocycles. The summed E-state index contributed by atoms with van der Waals surface area (Å²) in [6.07, 6.45) is 0. The number of rotatable bonds is 3. The Labute approximate surface area is 91.0 Å². The van der Waals surface area contributed by atoms with Crippen LogP contribution in [0.4, 0.5) is 10.5 Å². The summed E-state index contributed by atoms with van der Waals surface area (Å²) in [7, 11) is 0. The van der Waals surface area contributed by atoms with Gasteiger partial charge in [0.2, 0.25) is 0 Å². The fourth-order valence-electron chi connectivity index (χ4n) is 0.864. The molecule has 0 heterocycles. The fourth-order valence-corrected chi connectivity index (χ4v) is 0.990. The Hall–Kier alpha value is -1.75. The number of benzene rings is 1. The van der Waals surface area contributed by atoms with E-state index in [2.05, 4.69) is 10.6 Å². The number of hydrogen-bond acceptors (Lipinski definition) is 2. The first-order valence-electron chi connectivity index (χ1n) is 4.10. The molecule has 3 N–H and O–H groups in total. The number of amides is 2. The van der Waals surface area contributed by atoms with Crippen molar-refractivity contribution in [3.05, 3.63) is 29.3 Å². The van der Waals surface area contributed by atoms with Gasteiger partial charge in [-0.05, 0) is 24.3 Å². The third-order valence-electron chi connectivity index (χ3n) is 1.50. The summed E-state index contributed by atoms with van der Waals surface area (Å²) in [5, 5.41) is 13.5. The topological polar surface area (TPSA) is 78.4 Å². The molecule has 0 atom stereocenters. The molecule has 1 aromatic rings. The lowest BCUT2D eigenvalue weighted by Gasteiger charge is -2.05. The van der Waals surface area contributed by atoms with Gasteiger partial charge >= 0.3 is 12.0 Å². The average molecular weight is 229 g/mol. The van der Waals surface area contributed by atoms with E-state index in [-0.39, 0.29) is 0 Å². The molecule has 0 saturated carbocycles. The smallest absolute Gasteiger partial charge is 0.323 e. The number of carbonyl (C=O) groups excluding carboxylic acids is 1. The van der Waals surface area contributed by atoms with Gasteiger partial charge in [-0.2, -0.15) is 0 Å². The van der Waals surface area contributed by atoms with E-state index < -0.39 is 18.5 Å². The third-order valence-corrected chi connectivity index (χ3v) is 1.75. The number of carbonyl (C=O) groups is 2. The first-order valence-corrected chi connectivity index (χ1v) is 4.48. The largest absolute Gasteiger partial charge is 0.480 e. The number of aliphatic carboxylic acids is 1. The quantitative estimate of drug-likeness (QED) is 0.734. The molecular formula is C9H9ClN2O3. The number of halogens is 1. The molecule has 0 saturated heterocycles. The highest BCUT2D eigenvalue weighted by Crippen LogP contribution is 2.12.